The highest BCUT2D eigenvalue weighted by atomic mass is 16.5. The molecule has 4 nitrogen and oxygen atoms in total. The topological polar surface area (TPSA) is 72.0 Å². The molecule has 0 aliphatic carbocycles. The van der Waals surface area contributed by atoms with Crippen LogP contribution in [0, 0.1) is 5.41 Å². The molecule has 0 bridgehead atoms. The minimum Gasteiger partial charge on any atom is -0.439 e. The summed E-state index contributed by atoms with van der Waals surface area (Å²) in [6.45, 7) is 6.64. The number of nitrogen functional groups attached to an aromatic ring is 1. The van der Waals surface area contributed by atoms with Gasteiger partial charge in [-0.15, -0.1) is 0 Å². The molecule has 110 valence electrons. The second kappa shape index (κ2) is 5.95. The quantitative estimate of drug-likeness (QED) is 0.646. The summed E-state index contributed by atoms with van der Waals surface area (Å²) in [7, 11) is 0. The average molecular weight is 283 g/mol. The summed E-state index contributed by atoms with van der Waals surface area (Å²) in [6, 6.07) is 11.5. The number of hydrogen-bond donors (Lipinski definition) is 2. The zero-order valence-corrected chi connectivity index (χ0v) is 12.7. The molecule has 0 aliphatic rings. The maximum Gasteiger partial charge on any atom is 0.219 e. The largest absolute Gasteiger partial charge is 0.439 e. The molecule has 0 spiro atoms. The Kier molecular flexibility index (Phi) is 4.26. The maximum absolute atomic E-state index is 7.32. The molecule has 2 aromatic rings. The zero-order valence-electron chi connectivity index (χ0n) is 12.7. The smallest absolute Gasteiger partial charge is 0.219 e. The minimum absolute atomic E-state index is 0.000185. The summed E-state index contributed by atoms with van der Waals surface area (Å²) in [5, 5.41) is 7.32. The lowest BCUT2D eigenvalue weighted by molar-refractivity contribution is 0.460. The van der Waals surface area contributed by atoms with E-state index in [9.17, 15) is 0 Å². The van der Waals surface area contributed by atoms with Gasteiger partial charge in [-0.05, 0) is 35.6 Å². The van der Waals surface area contributed by atoms with Gasteiger partial charge in [-0.2, -0.15) is 0 Å². The third-order valence-electron chi connectivity index (χ3n) is 3.79. The Labute approximate surface area is 125 Å². The standard InChI is InChI=1S/C17H21N3O/c1-4-17(2,3)13-6-8-14(9-7-13)21-15-10-5-12(11-20-15)16(18)19/h5-11H,4H2,1-3H3,(H3,18,19). The third kappa shape index (κ3) is 3.60. The number of nitrogens with one attached hydrogen (secondary N) is 1. The van der Waals surface area contributed by atoms with Crippen molar-refractivity contribution in [2.24, 2.45) is 5.73 Å². The van der Waals surface area contributed by atoms with E-state index in [1.165, 1.54) is 11.8 Å². The minimum atomic E-state index is 0.000185. The Bertz CT molecular complexity index is 615. The highest BCUT2D eigenvalue weighted by molar-refractivity contribution is 5.94. The van der Waals surface area contributed by atoms with Crippen molar-refractivity contribution in [1.82, 2.24) is 4.98 Å². The normalized spacial score (nSPS) is 11.2. The Morgan fingerprint density at radius 1 is 1.19 bits per heavy atom. The summed E-state index contributed by atoms with van der Waals surface area (Å²) in [4.78, 5) is 4.14. The summed E-state index contributed by atoms with van der Waals surface area (Å²) < 4.78 is 5.69. The molecule has 0 atom stereocenters. The van der Waals surface area contributed by atoms with Gasteiger partial charge in [0.2, 0.25) is 5.88 Å². The van der Waals surface area contributed by atoms with Gasteiger partial charge in [-0.3, -0.25) is 5.41 Å². The van der Waals surface area contributed by atoms with E-state index in [4.69, 9.17) is 15.9 Å². The Balaban J connectivity index is 2.11. The predicted molar refractivity (Wildman–Crippen MR) is 85.1 cm³/mol. The fourth-order valence-electron chi connectivity index (χ4n) is 1.90. The van der Waals surface area contributed by atoms with E-state index < -0.39 is 0 Å². The Hall–Kier alpha value is -2.36. The van der Waals surface area contributed by atoms with E-state index >= 15 is 0 Å². The van der Waals surface area contributed by atoms with Gasteiger partial charge in [0.25, 0.3) is 0 Å². The first-order valence-electron chi connectivity index (χ1n) is 7.01. The van der Waals surface area contributed by atoms with Crippen LogP contribution in [-0.4, -0.2) is 10.8 Å². The van der Waals surface area contributed by atoms with E-state index in [0.717, 1.165) is 12.2 Å². The van der Waals surface area contributed by atoms with Crippen LogP contribution in [-0.2, 0) is 5.41 Å². The van der Waals surface area contributed by atoms with E-state index in [0.29, 0.717) is 11.4 Å². The number of rotatable bonds is 5. The lowest BCUT2D eigenvalue weighted by Gasteiger charge is -2.23. The highest BCUT2D eigenvalue weighted by Gasteiger charge is 2.17. The van der Waals surface area contributed by atoms with Crippen LogP contribution >= 0.6 is 0 Å². The molecule has 0 unspecified atom stereocenters. The number of hydrogen-bond acceptors (Lipinski definition) is 3. The molecule has 0 saturated carbocycles. The molecule has 1 heterocycles. The second-order valence-electron chi connectivity index (χ2n) is 5.66. The molecule has 0 fully saturated rings. The van der Waals surface area contributed by atoms with Gasteiger partial charge in [0.15, 0.2) is 0 Å². The molecule has 0 radical (unpaired) electrons. The molecule has 0 aliphatic heterocycles. The Morgan fingerprint density at radius 3 is 2.33 bits per heavy atom. The summed E-state index contributed by atoms with van der Waals surface area (Å²) in [5.74, 6) is 1.23. The number of pyridine rings is 1. The molecular weight excluding hydrogens is 262 g/mol. The van der Waals surface area contributed by atoms with Crippen LogP contribution in [0.4, 0.5) is 0 Å². The molecule has 21 heavy (non-hydrogen) atoms. The molecule has 3 N–H and O–H groups in total. The molecular formula is C17H21N3O. The second-order valence-corrected chi connectivity index (χ2v) is 5.66. The fraction of sp³-hybridized carbons (Fsp3) is 0.294. The van der Waals surface area contributed by atoms with Gasteiger partial charge in [-0.25, -0.2) is 4.98 Å². The number of benzene rings is 1. The number of nitrogens with two attached hydrogens (primary N) is 1. The number of aromatic nitrogens is 1. The van der Waals surface area contributed by atoms with Crippen LogP contribution in [0.2, 0.25) is 0 Å². The van der Waals surface area contributed by atoms with E-state index in [-0.39, 0.29) is 11.3 Å². The van der Waals surface area contributed by atoms with Crippen molar-refractivity contribution in [3.05, 3.63) is 53.7 Å². The van der Waals surface area contributed by atoms with Crippen molar-refractivity contribution in [3.63, 3.8) is 0 Å². The van der Waals surface area contributed by atoms with E-state index in [1.807, 2.05) is 12.1 Å². The van der Waals surface area contributed by atoms with Gasteiger partial charge in [-0.1, -0.05) is 32.9 Å². The van der Waals surface area contributed by atoms with Crippen LogP contribution in [0.25, 0.3) is 0 Å². The monoisotopic (exact) mass is 283 g/mol. The maximum atomic E-state index is 7.32. The van der Waals surface area contributed by atoms with Crippen LogP contribution in [0.5, 0.6) is 11.6 Å². The summed E-state index contributed by atoms with van der Waals surface area (Å²) in [5.41, 5.74) is 7.43. The van der Waals surface area contributed by atoms with Crippen molar-refractivity contribution < 1.29 is 4.74 Å². The SMILES string of the molecule is CCC(C)(C)c1ccc(Oc2ccc(C(=N)N)cn2)cc1. The number of ether oxygens (including phenoxy) is 1. The van der Waals surface area contributed by atoms with Crippen LogP contribution in [0.15, 0.2) is 42.6 Å². The lowest BCUT2D eigenvalue weighted by Crippen LogP contribution is -2.14. The zero-order chi connectivity index (χ0) is 15.5. The number of amidine groups is 1. The van der Waals surface area contributed by atoms with Gasteiger partial charge in [0, 0.05) is 17.8 Å². The molecule has 0 saturated heterocycles. The van der Waals surface area contributed by atoms with Crippen LogP contribution < -0.4 is 10.5 Å². The van der Waals surface area contributed by atoms with Crippen molar-refractivity contribution in [3.8, 4) is 11.6 Å². The van der Waals surface area contributed by atoms with Gasteiger partial charge in [0.1, 0.15) is 11.6 Å². The molecule has 2 rings (SSSR count). The third-order valence-corrected chi connectivity index (χ3v) is 3.79. The van der Waals surface area contributed by atoms with Gasteiger partial charge < -0.3 is 10.5 Å². The summed E-state index contributed by atoms with van der Waals surface area (Å²) in [6.07, 6.45) is 2.62. The summed E-state index contributed by atoms with van der Waals surface area (Å²) >= 11 is 0. The Morgan fingerprint density at radius 2 is 1.86 bits per heavy atom. The average Bonchev–Trinajstić information content (AvgIpc) is 2.48. The van der Waals surface area contributed by atoms with Crippen molar-refractivity contribution in [2.75, 3.05) is 0 Å². The van der Waals surface area contributed by atoms with Crippen molar-refractivity contribution in [1.29, 1.82) is 5.41 Å². The molecule has 4 heteroatoms. The first-order chi connectivity index (χ1) is 9.92. The highest BCUT2D eigenvalue weighted by Crippen LogP contribution is 2.29. The molecule has 0 amide bonds. The molecule has 1 aromatic heterocycles. The van der Waals surface area contributed by atoms with Crippen LogP contribution in [0.3, 0.4) is 0 Å². The van der Waals surface area contributed by atoms with E-state index in [1.54, 1.807) is 12.1 Å². The van der Waals surface area contributed by atoms with Crippen molar-refractivity contribution >= 4 is 5.84 Å². The van der Waals surface area contributed by atoms with Gasteiger partial charge in [0.05, 0.1) is 0 Å². The van der Waals surface area contributed by atoms with Crippen molar-refractivity contribution in [2.45, 2.75) is 32.6 Å². The first kappa shape index (κ1) is 15.0. The molecule has 1 aromatic carbocycles. The van der Waals surface area contributed by atoms with Crippen LogP contribution in [0.1, 0.15) is 38.3 Å². The first-order valence-corrected chi connectivity index (χ1v) is 7.01. The van der Waals surface area contributed by atoms with E-state index in [2.05, 4.69) is 37.9 Å². The predicted octanol–water partition coefficient (Wildman–Crippen LogP) is 3.85. The number of nitrogens with zero attached hydrogens (tertiary/aromatic N) is 1. The van der Waals surface area contributed by atoms with Gasteiger partial charge >= 0.3 is 0 Å². The fourth-order valence-corrected chi connectivity index (χ4v) is 1.90. The lowest BCUT2D eigenvalue weighted by atomic mass is 9.82.